The Morgan fingerprint density at radius 2 is 2.08 bits per heavy atom. The molecule has 0 amide bonds. The van der Waals surface area contributed by atoms with Crippen LogP contribution in [0.1, 0.15) is 34.1 Å². The molecule has 122 valence electrons. The van der Waals surface area contributed by atoms with Crippen molar-refractivity contribution >= 4 is 0 Å². The number of allylic oxidation sites excluding steroid dienone is 1. The van der Waals surface area contributed by atoms with Crippen molar-refractivity contribution < 1.29 is 14.3 Å². The molecule has 3 N–H and O–H groups in total. The van der Waals surface area contributed by atoms with Gasteiger partial charge < -0.3 is 20.0 Å². The fraction of sp³-hybridized carbons (Fsp3) is 0.222. The van der Waals surface area contributed by atoms with Crippen LogP contribution in [0.3, 0.4) is 0 Å². The first-order chi connectivity index (χ1) is 11.5. The standard InChI is InChI=1S/C18H16N2O4/c1-9-3-4-10(2)12(5-9)15-13(7-19)18(20)24-16-14(22)6-11(8-21)23-17(15)16/h3-6,15,21H,8,20H2,1-2H3/t15-/m0/s1. The van der Waals surface area contributed by atoms with Gasteiger partial charge in [0.05, 0.1) is 5.92 Å². The molecular formula is C18H16N2O4. The van der Waals surface area contributed by atoms with Crippen LogP contribution >= 0.6 is 0 Å². The zero-order valence-electron chi connectivity index (χ0n) is 13.3. The highest BCUT2D eigenvalue weighted by Gasteiger charge is 2.35. The number of aryl methyl sites for hydroxylation is 2. The minimum absolute atomic E-state index is 0.0467. The van der Waals surface area contributed by atoms with Gasteiger partial charge in [-0.25, -0.2) is 0 Å². The maximum absolute atomic E-state index is 12.3. The zero-order chi connectivity index (χ0) is 17.4. The van der Waals surface area contributed by atoms with E-state index in [2.05, 4.69) is 6.07 Å². The summed E-state index contributed by atoms with van der Waals surface area (Å²) in [4.78, 5) is 12.3. The van der Waals surface area contributed by atoms with Crippen LogP contribution in [0.15, 0.2) is 44.9 Å². The third-order valence-electron chi connectivity index (χ3n) is 4.03. The third kappa shape index (κ3) is 2.45. The van der Waals surface area contributed by atoms with Gasteiger partial charge in [-0.1, -0.05) is 23.8 Å². The summed E-state index contributed by atoms with van der Waals surface area (Å²) in [5.41, 5.74) is 8.32. The lowest BCUT2D eigenvalue weighted by atomic mass is 9.84. The molecule has 1 aromatic carbocycles. The summed E-state index contributed by atoms with van der Waals surface area (Å²) in [5.74, 6) is -0.520. The zero-order valence-corrected chi connectivity index (χ0v) is 13.3. The maximum atomic E-state index is 12.3. The second-order valence-corrected chi connectivity index (χ2v) is 5.71. The summed E-state index contributed by atoms with van der Waals surface area (Å²) in [7, 11) is 0. The van der Waals surface area contributed by atoms with E-state index in [-0.39, 0.29) is 28.7 Å². The summed E-state index contributed by atoms with van der Waals surface area (Å²) in [6.07, 6.45) is 0. The predicted octanol–water partition coefficient (Wildman–Crippen LogP) is 1.97. The van der Waals surface area contributed by atoms with Crippen LogP contribution in [-0.2, 0) is 6.61 Å². The lowest BCUT2D eigenvalue weighted by molar-refractivity contribution is 0.231. The number of ether oxygens (including phenoxy) is 1. The van der Waals surface area contributed by atoms with Gasteiger partial charge in [0.1, 0.15) is 24.0 Å². The molecule has 0 spiro atoms. The topological polar surface area (TPSA) is 109 Å². The van der Waals surface area contributed by atoms with E-state index in [0.29, 0.717) is 0 Å². The minimum Gasteiger partial charge on any atom is -0.458 e. The van der Waals surface area contributed by atoms with Crippen molar-refractivity contribution in [2.45, 2.75) is 26.4 Å². The van der Waals surface area contributed by atoms with Gasteiger partial charge in [0.25, 0.3) is 0 Å². The summed E-state index contributed by atoms with van der Waals surface area (Å²) in [5, 5.41) is 18.9. The Balaban J connectivity index is 2.35. The molecular weight excluding hydrogens is 308 g/mol. The maximum Gasteiger partial charge on any atom is 0.228 e. The number of aliphatic hydroxyl groups is 1. The number of nitriles is 1. The van der Waals surface area contributed by atoms with Crippen molar-refractivity contribution in [2.24, 2.45) is 5.73 Å². The quantitative estimate of drug-likeness (QED) is 0.874. The number of nitrogens with two attached hydrogens (primary N) is 1. The van der Waals surface area contributed by atoms with Crippen LogP contribution in [0.2, 0.25) is 0 Å². The minimum atomic E-state index is -0.655. The molecule has 0 radical (unpaired) electrons. The normalized spacial score (nSPS) is 16.3. The monoisotopic (exact) mass is 324 g/mol. The molecule has 1 aliphatic rings. The van der Waals surface area contributed by atoms with Gasteiger partial charge in [0.2, 0.25) is 17.1 Å². The fourth-order valence-electron chi connectivity index (χ4n) is 2.84. The van der Waals surface area contributed by atoms with Crippen LogP contribution in [0.5, 0.6) is 5.75 Å². The Morgan fingerprint density at radius 3 is 2.75 bits per heavy atom. The van der Waals surface area contributed by atoms with E-state index in [9.17, 15) is 15.2 Å². The van der Waals surface area contributed by atoms with Gasteiger partial charge >= 0.3 is 0 Å². The van der Waals surface area contributed by atoms with Crippen molar-refractivity contribution in [2.75, 3.05) is 0 Å². The first-order valence-corrected chi connectivity index (χ1v) is 7.38. The summed E-state index contributed by atoms with van der Waals surface area (Å²) in [6.45, 7) is 3.41. The smallest absolute Gasteiger partial charge is 0.228 e. The Labute approximate surface area is 138 Å². The van der Waals surface area contributed by atoms with Crippen LogP contribution in [-0.4, -0.2) is 5.11 Å². The Kier molecular flexibility index (Phi) is 3.87. The van der Waals surface area contributed by atoms with Gasteiger partial charge in [-0.05, 0) is 25.0 Å². The van der Waals surface area contributed by atoms with E-state index >= 15 is 0 Å². The SMILES string of the molecule is Cc1ccc(C)c([C@H]2C(C#N)=C(N)Oc3c2oc(CO)cc3=O)c1. The Bertz CT molecular complexity index is 950. The largest absolute Gasteiger partial charge is 0.458 e. The molecule has 2 aromatic rings. The van der Waals surface area contributed by atoms with E-state index < -0.39 is 18.0 Å². The average molecular weight is 324 g/mol. The molecule has 0 fully saturated rings. The van der Waals surface area contributed by atoms with Crippen molar-refractivity contribution in [3.63, 3.8) is 0 Å². The second kappa shape index (κ2) is 5.87. The number of aliphatic hydroxyl groups excluding tert-OH is 1. The van der Waals surface area contributed by atoms with E-state index in [1.54, 1.807) is 0 Å². The van der Waals surface area contributed by atoms with Gasteiger partial charge in [0, 0.05) is 6.07 Å². The van der Waals surface area contributed by atoms with Gasteiger partial charge in [0.15, 0.2) is 5.76 Å². The first-order valence-electron chi connectivity index (χ1n) is 7.38. The van der Waals surface area contributed by atoms with E-state index in [0.717, 1.165) is 22.8 Å². The third-order valence-corrected chi connectivity index (χ3v) is 4.03. The van der Waals surface area contributed by atoms with E-state index in [1.165, 1.54) is 0 Å². The molecule has 0 bridgehead atoms. The fourth-order valence-corrected chi connectivity index (χ4v) is 2.84. The molecule has 3 rings (SSSR count). The highest BCUT2D eigenvalue weighted by Crippen LogP contribution is 2.42. The molecule has 2 heterocycles. The number of hydrogen-bond acceptors (Lipinski definition) is 6. The van der Waals surface area contributed by atoms with Crippen LogP contribution in [0.4, 0.5) is 0 Å². The van der Waals surface area contributed by atoms with Crippen molar-refractivity contribution in [3.05, 3.63) is 74.2 Å². The van der Waals surface area contributed by atoms with Crippen LogP contribution in [0.25, 0.3) is 0 Å². The number of rotatable bonds is 2. The summed E-state index contributed by atoms with van der Waals surface area (Å²) in [6, 6.07) is 9.02. The summed E-state index contributed by atoms with van der Waals surface area (Å²) >= 11 is 0. The van der Waals surface area contributed by atoms with Crippen LogP contribution < -0.4 is 15.9 Å². The average Bonchev–Trinajstić information content (AvgIpc) is 2.56. The number of hydrogen-bond donors (Lipinski definition) is 2. The highest BCUT2D eigenvalue weighted by molar-refractivity contribution is 5.54. The predicted molar refractivity (Wildman–Crippen MR) is 86.1 cm³/mol. The molecule has 1 atom stereocenters. The molecule has 24 heavy (non-hydrogen) atoms. The molecule has 0 saturated heterocycles. The summed E-state index contributed by atoms with van der Waals surface area (Å²) < 4.78 is 11.0. The van der Waals surface area contributed by atoms with Crippen molar-refractivity contribution in [1.29, 1.82) is 5.26 Å². The van der Waals surface area contributed by atoms with Gasteiger partial charge in [-0.15, -0.1) is 0 Å². The molecule has 1 aliphatic heterocycles. The van der Waals surface area contributed by atoms with Gasteiger partial charge in [-0.3, -0.25) is 4.79 Å². The lowest BCUT2D eigenvalue weighted by Crippen LogP contribution is -2.25. The molecule has 0 saturated carbocycles. The van der Waals surface area contributed by atoms with Crippen LogP contribution in [0, 0.1) is 25.2 Å². The lowest BCUT2D eigenvalue weighted by Gasteiger charge is -2.26. The van der Waals surface area contributed by atoms with Gasteiger partial charge in [-0.2, -0.15) is 5.26 Å². The second-order valence-electron chi connectivity index (χ2n) is 5.71. The number of fused-ring (bicyclic) bond motifs is 1. The molecule has 6 heteroatoms. The van der Waals surface area contributed by atoms with Crippen molar-refractivity contribution in [3.8, 4) is 11.8 Å². The van der Waals surface area contributed by atoms with E-state index in [1.807, 2.05) is 32.0 Å². The first kappa shape index (κ1) is 15.8. The highest BCUT2D eigenvalue weighted by atomic mass is 16.5. The number of nitrogens with zero attached hydrogens (tertiary/aromatic N) is 1. The Morgan fingerprint density at radius 1 is 1.33 bits per heavy atom. The molecule has 1 aromatic heterocycles. The Hall–Kier alpha value is -3.04. The molecule has 0 unspecified atom stereocenters. The molecule has 0 aliphatic carbocycles. The molecule has 6 nitrogen and oxygen atoms in total. The number of benzene rings is 1. The van der Waals surface area contributed by atoms with E-state index in [4.69, 9.17) is 14.9 Å². The van der Waals surface area contributed by atoms with Crippen molar-refractivity contribution in [1.82, 2.24) is 0 Å².